The molecular formula is C19H13ClF2N3O5P. The van der Waals surface area contributed by atoms with E-state index < -0.39 is 31.3 Å². The molecule has 0 radical (unpaired) electrons. The number of halogens is 3. The third-order valence-electron chi connectivity index (χ3n) is 4.65. The van der Waals surface area contributed by atoms with Crippen LogP contribution < -0.4 is 5.32 Å². The summed E-state index contributed by atoms with van der Waals surface area (Å²) >= 11 is 5.93. The first-order valence-electron chi connectivity index (χ1n) is 8.70. The smallest absolute Gasteiger partial charge is 0.308 e. The normalized spacial score (nSPS) is 15.9. The lowest BCUT2D eigenvalue weighted by atomic mass is 10.1. The van der Waals surface area contributed by atoms with E-state index in [1.54, 1.807) is 0 Å². The highest BCUT2D eigenvalue weighted by Crippen LogP contribution is 2.43. The molecule has 4 rings (SSSR count). The first-order chi connectivity index (χ1) is 14.5. The molecular weight excluding hydrogens is 455 g/mol. The molecule has 0 spiro atoms. The minimum absolute atomic E-state index is 0.142. The van der Waals surface area contributed by atoms with Crippen molar-refractivity contribution in [1.29, 1.82) is 0 Å². The molecule has 3 N–H and O–H groups in total. The predicted octanol–water partition coefficient (Wildman–Crippen LogP) is 3.61. The van der Waals surface area contributed by atoms with Gasteiger partial charge in [-0.05, 0) is 35.9 Å². The number of hydrogen-bond acceptors (Lipinski definition) is 3. The van der Waals surface area contributed by atoms with Crippen LogP contribution in [-0.2, 0) is 15.9 Å². The first kappa shape index (κ1) is 21.2. The molecule has 3 aromatic rings. The van der Waals surface area contributed by atoms with Crippen LogP contribution in [0, 0.1) is 11.6 Å². The van der Waals surface area contributed by atoms with Crippen LogP contribution in [0.1, 0.15) is 11.1 Å². The molecule has 3 amide bonds. The van der Waals surface area contributed by atoms with Gasteiger partial charge in [-0.3, -0.25) is 14.0 Å². The SMILES string of the molecule is O=C1N/C(=C\c2cn(P(=O)(O)O)c3cc(Cl)ccc23)C(=O)N1Cc1ccc(F)c(F)c1. The van der Waals surface area contributed by atoms with Gasteiger partial charge in [0.1, 0.15) is 5.70 Å². The minimum atomic E-state index is -4.72. The number of imide groups is 1. The summed E-state index contributed by atoms with van der Waals surface area (Å²) < 4.78 is 39.1. The summed E-state index contributed by atoms with van der Waals surface area (Å²) in [7, 11) is -4.72. The highest BCUT2D eigenvalue weighted by Gasteiger charge is 2.34. The number of amides is 3. The third kappa shape index (κ3) is 3.98. The zero-order valence-corrected chi connectivity index (χ0v) is 17.1. The van der Waals surface area contributed by atoms with Gasteiger partial charge in [-0.15, -0.1) is 0 Å². The number of carbonyl (C=O) groups excluding carboxylic acids is 2. The second-order valence-corrected chi connectivity index (χ2v) is 8.63. The maximum absolute atomic E-state index is 13.4. The fourth-order valence-corrected chi connectivity index (χ4v) is 4.12. The molecule has 31 heavy (non-hydrogen) atoms. The van der Waals surface area contributed by atoms with Crippen LogP contribution in [0.15, 0.2) is 48.3 Å². The van der Waals surface area contributed by atoms with Gasteiger partial charge in [-0.25, -0.2) is 18.1 Å². The van der Waals surface area contributed by atoms with Crippen LogP contribution in [-0.4, -0.2) is 31.0 Å². The van der Waals surface area contributed by atoms with Gasteiger partial charge in [0.25, 0.3) is 5.91 Å². The van der Waals surface area contributed by atoms with Gasteiger partial charge >= 0.3 is 13.8 Å². The van der Waals surface area contributed by atoms with Crippen molar-refractivity contribution in [3.63, 3.8) is 0 Å². The Balaban J connectivity index is 1.70. The molecule has 2 aromatic carbocycles. The van der Waals surface area contributed by atoms with Gasteiger partial charge in [0, 0.05) is 22.2 Å². The maximum Gasteiger partial charge on any atom is 0.434 e. The van der Waals surface area contributed by atoms with Crippen molar-refractivity contribution in [3.8, 4) is 0 Å². The Morgan fingerprint density at radius 2 is 1.84 bits per heavy atom. The summed E-state index contributed by atoms with van der Waals surface area (Å²) in [6.07, 6.45) is 2.42. The largest absolute Gasteiger partial charge is 0.434 e. The topological polar surface area (TPSA) is 112 Å². The number of carbonyl (C=O) groups is 2. The summed E-state index contributed by atoms with van der Waals surface area (Å²) in [5, 5.41) is 3.02. The lowest BCUT2D eigenvalue weighted by molar-refractivity contribution is -0.123. The lowest BCUT2D eigenvalue weighted by Crippen LogP contribution is -2.30. The number of rotatable bonds is 4. The molecule has 1 aromatic heterocycles. The van der Waals surface area contributed by atoms with Crippen molar-refractivity contribution in [2.24, 2.45) is 0 Å². The van der Waals surface area contributed by atoms with Crippen molar-refractivity contribution >= 4 is 48.3 Å². The summed E-state index contributed by atoms with van der Waals surface area (Å²) in [4.78, 5) is 45.0. The van der Waals surface area contributed by atoms with Crippen LogP contribution in [0.3, 0.4) is 0 Å². The van der Waals surface area contributed by atoms with E-state index in [9.17, 15) is 32.7 Å². The Bertz CT molecular complexity index is 1330. The zero-order valence-electron chi connectivity index (χ0n) is 15.4. The summed E-state index contributed by atoms with van der Waals surface area (Å²) in [6, 6.07) is 6.65. The monoisotopic (exact) mass is 467 g/mol. The predicted molar refractivity (Wildman–Crippen MR) is 108 cm³/mol. The zero-order chi connectivity index (χ0) is 22.5. The van der Waals surface area contributed by atoms with Crippen LogP contribution in [0.4, 0.5) is 13.6 Å². The Kier molecular flexibility index (Phi) is 5.18. The van der Waals surface area contributed by atoms with Crippen molar-refractivity contribution < 1.29 is 32.7 Å². The Hall–Kier alpha value is -3.04. The molecule has 0 unspecified atom stereocenters. The first-order valence-corrected chi connectivity index (χ1v) is 10.6. The van der Waals surface area contributed by atoms with Crippen molar-refractivity contribution in [3.05, 3.63) is 76.1 Å². The minimum Gasteiger partial charge on any atom is -0.308 e. The number of fused-ring (bicyclic) bond motifs is 1. The molecule has 0 aliphatic carbocycles. The quantitative estimate of drug-likeness (QED) is 0.308. The van der Waals surface area contributed by atoms with Crippen LogP contribution in [0.25, 0.3) is 17.0 Å². The van der Waals surface area contributed by atoms with E-state index in [0.29, 0.717) is 5.39 Å². The maximum atomic E-state index is 13.4. The van der Waals surface area contributed by atoms with E-state index in [2.05, 4.69) is 5.32 Å². The van der Waals surface area contributed by atoms with Crippen LogP contribution in [0.5, 0.6) is 0 Å². The van der Waals surface area contributed by atoms with Crippen LogP contribution in [0.2, 0.25) is 5.02 Å². The number of nitrogens with zero attached hydrogens (tertiary/aromatic N) is 2. The highest BCUT2D eigenvalue weighted by atomic mass is 35.5. The molecule has 2 heterocycles. The summed E-state index contributed by atoms with van der Waals surface area (Å²) in [5.74, 6) is -2.90. The second-order valence-electron chi connectivity index (χ2n) is 6.73. The molecule has 12 heteroatoms. The number of benzene rings is 2. The fraction of sp³-hybridized carbons (Fsp3) is 0.0526. The lowest BCUT2D eigenvalue weighted by Gasteiger charge is -2.11. The molecule has 0 saturated carbocycles. The molecule has 1 aliphatic heterocycles. The second kappa shape index (κ2) is 7.58. The average molecular weight is 468 g/mol. The molecule has 160 valence electrons. The van der Waals surface area contributed by atoms with Crippen molar-refractivity contribution in [2.75, 3.05) is 0 Å². The van der Waals surface area contributed by atoms with Gasteiger partial charge in [0.2, 0.25) is 0 Å². The Morgan fingerprint density at radius 1 is 1.10 bits per heavy atom. The standard InChI is InChI=1S/C19H13ClF2N3O5P/c20-12-2-3-13-11(9-25(17(13)7-12)31(28,29)30)6-16-18(26)24(19(27)23-16)8-10-1-4-14(21)15(22)5-10/h1-7,9H,8H2,(H,23,27)(H2,28,29,30)/b16-6-. The highest BCUT2D eigenvalue weighted by molar-refractivity contribution is 7.50. The summed E-state index contributed by atoms with van der Waals surface area (Å²) in [5.41, 5.74) is 0.458. The number of hydrogen-bond donors (Lipinski definition) is 3. The number of nitrogens with one attached hydrogen (secondary N) is 1. The van der Waals surface area contributed by atoms with E-state index in [4.69, 9.17) is 11.6 Å². The van der Waals surface area contributed by atoms with E-state index in [-0.39, 0.29) is 33.9 Å². The Morgan fingerprint density at radius 3 is 2.52 bits per heavy atom. The number of aromatic nitrogens is 1. The van der Waals surface area contributed by atoms with Gasteiger partial charge in [-0.1, -0.05) is 23.7 Å². The van der Waals surface area contributed by atoms with E-state index in [0.717, 1.165) is 27.6 Å². The number of urea groups is 1. The third-order valence-corrected chi connectivity index (χ3v) is 5.77. The molecule has 1 fully saturated rings. The van der Waals surface area contributed by atoms with Crippen molar-refractivity contribution in [1.82, 2.24) is 14.6 Å². The Labute approximate surface area is 178 Å². The molecule has 0 atom stereocenters. The fourth-order valence-electron chi connectivity index (χ4n) is 3.23. The van der Waals surface area contributed by atoms with E-state index in [1.807, 2.05) is 0 Å². The molecule has 1 saturated heterocycles. The summed E-state index contributed by atoms with van der Waals surface area (Å²) in [6.45, 7) is -0.293. The molecule has 1 aliphatic rings. The molecule has 0 bridgehead atoms. The van der Waals surface area contributed by atoms with E-state index in [1.165, 1.54) is 30.3 Å². The van der Waals surface area contributed by atoms with Gasteiger partial charge in [0.05, 0.1) is 12.1 Å². The van der Waals surface area contributed by atoms with Crippen molar-refractivity contribution in [2.45, 2.75) is 6.54 Å². The van der Waals surface area contributed by atoms with Crippen LogP contribution >= 0.6 is 19.3 Å². The van der Waals surface area contributed by atoms with E-state index >= 15 is 0 Å². The average Bonchev–Trinajstić information content (AvgIpc) is 3.17. The van der Waals surface area contributed by atoms with Gasteiger partial charge in [-0.2, -0.15) is 0 Å². The van der Waals surface area contributed by atoms with Gasteiger partial charge in [0.15, 0.2) is 11.6 Å². The molecule has 8 nitrogen and oxygen atoms in total. The van der Waals surface area contributed by atoms with Gasteiger partial charge < -0.3 is 15.1 Å².